The van der Waals surface area contributed by atoms with Crippen LogP contribution in [-0.2, 0) is 9.53 Å². The van der Waals surface area contributed by atoms with Gasteiger partial charge >= 0.3 is 0 Å². The molecule has 0 radical (unpaired) electrons. The van der Waals surface area contributed by atoms with Gasteiger partial charge in [-0.1, -0.05) is 24.4 Å². The summed E-state index contributed by atoms with van der Waals surface area (Å²) in [5.74, 6) is -0.0210. The Kier molecular flexibility index (Phi) is 5.70. The zero-order valence-corrected chi connectivity index (χ0v) is 13.2. The highest BCUT2D eigenvalue weighted by Gasteiger charge is 2.16. The molecule has 0 spiro atoms. The lowest BCUT2D eigenvalue weighted by molar-refractivity contribution is -0.117. The predicted molar refractivity (Wildman–Crippen MR) is 88.5 cm³/mol. The Morgan fingerprint density at radius 1 is 1.48 bits per heavy atom. The summed E-state index contributed by atoms with van der Waals surface area (Å²) in [4.78, 5) is 12.4. The van der Waals surface area contributed by atoms with Crippen LogP contribution in [0, 0.1) is 6.92 Å². The molecule has 1 aliphatic heterocycles. The van der Waals surface area contributed by atoms with Gasteiger partial charge in [0.05, 0.1) is 11.8 Å². The SMILES string of the molecule is Cc1cccc(NC(=O)CCC2CCCCO2)c1C(N)=S. The van der Waals surface area contributed by atoms with Crippen molar-refractivity contribution >= 4 is 28.8 Å². The number of nitrogens with two attached hydrogens (primary N) is 1. The van der Waals surface area contributed by atoms with Crippen LogP contribution in [0.15, 0.2) is 18.2 Å². The van der Waals surface area contributed by atoms with Gasteiger partial charge in [-0.25, -0.2) is 0 Å². The van der Waals surface area contributed by atoms with Crippen LogP contribution in [0.1, 0.15) is 43.2 Å². The number of nitrogens with one attached hydrogen (secondary N) is 1. The number of hydrogen-bond donors (Lipinski definition) is 2. The molecule has 1 aliphatic rings. The molecular weight excluding hydrogens is 284 g/mol. The van der Waals surface area contributed by atoms with E-state index in [0.717, 1.165) is 37.0 Å². The fourth-order valence-electron chi connectivity index (χ4n) is 2.64. The Balaban J connectivity index is 1.93. The van der Waals surface area contributed by atoms with E-state index >= 15 is 0 Å². The second-order valence-electron chi connectivity index (χ2n) is 5.44. The van der Waals surface area contributed by atoms with E-state index < -0.39 is 0 Å². The number of ether oxygens (including phenoxy) is 1. The molecule has 1 aromatic rings. The lowest BCUT2D eigenvalue weighted by atomic mass is 10.0. The number of amides is 1. The molecule has 0 saturated carbocycles. The highest BCUT2D eigenvalue weighted by atomic mass is 32.1. The Labute approximate surface area is 131 Å². The summed E-state index contributed by atoms with van der Waals surface area (Å²) in [6.07, 6.45) is 4.81. The Morgan fingerprint density at radius 3 is 2.95 bits per heavy atom. The van der Waals surface area contributed by atoms with Crippen molar-refractivity contribution in [2.75, 3.05) is 11.9 Å². The van der Waals surface area contributed by atoms with E-state index in [1.54, 1.807) is 0 Å². The van der Waals surface area contributed by atoms with Crippen LogP contribution in [0.4, 0.5) is 5.69 Å². The molecule has 0 aromatic heterocycles. The maximum Gasteiger partial charge on any atom is 0.224 e. The maximum atomic E-state index is 12.1. The third kappa shape index (κ3) is 4.51. The summed E-state index contributed by atoms with van der Waals surface area (Å²) in [5, 5.41) is 2.91. The van der Waals surface area contributed by atoms with E-state index in [1.165, 1.54) is 6.42 Å². The molecule has 5 heteroatoms. The first-order chi connectivity index (χ1) is 10.1. The minimum absolute atomic E-state index is 0.0210. The van der Waals surface area contributed by atoms with Crippen molar-refractivity contribution in [2.24, 2.45) is 5.73 Å². The standard InChI is InChI=1S/C16H22N2O2S/c1-11-5-4-7-13(15(11)16(17)21)18-14(19)9-8-12-6-2-3-10-20-12/h4-5,7,12H,2-3,6,8-10H2,1H3,(H2,17,21)(H,18,19). The summed E-state index contributed by atoms with van der Waals surface area (Å²) in [7, 11) is 0. The third-order valence-electron chi connectivity index (χ3n) is 3.76. The summed E-state index contributed by atoms with van der Waals surface area (Å²) >= 11 is 5.06. The van der Waals surface area contributed by atoms with Crippen LogP contribution in [0.25, 0.3) is 0 Å². The first-order valence-corrected chi connectivity index (χ1v) is 7.79. The van der Waals surface area contributed by atoms with Crippen LogP contribution in [-0.4, -0.2) is 23.6 Å². The minimum atomic E-state index is -0.0210. The molecule has 2 rings (SSSR count). The molecule has 3 N–H and O–H groups in total. The zero-order valence-electron chi connectivity index (χ0n) is 12.4. The molecule has 0 bridgehead atoms. The van der Waals surface area contributed by atoms with Crippen molar-refractivity contribution in [1.29, 1.82) is 0 Å². The highest BCUT2D eigenvalue weighted by molar-refractivity contribution is 7.80. The van der Waals surface area contributed by atoms with Crippen LogP contribution in [0.3, 0.4) is 0 Å². The number of carbonyl (C=O) groups excluding carboxylic acids is 1. The van der Waals surface area contributed by atoms with Crippen LogP contribution in [0.5, 0.6) is 0 Å². The van der Waals surface area contributed by atoms with Gasteiger partial charge in [0.25, 0.3) is 0 Å². The molecule has 1 fully saturated rings. The van der Waals surface area contributed by atoms with E-state index in [9.17, 15) is 4.79 Å². The van der Waals surface area contributed by atoms with Crippen molar-refractivity contribution in [1.82, 2.24) is 0 Å². The monoisotopic (exact) mass is 306 g/mol. The summed E-state index contributed by atoms with van der Waals surface area (Å²) in [5.41, 5.74) is 8.15. The number of benzene rings is 1. The van der Waals surface area contributed by atoms with Crippen molar-refractivity contribution in [3.05, 3.63) is 29.3 Å². The molecular formula is C16H22N2O2S. The van der Waals surface area contributed by atoms with Crippen molar-refractivity contribution in [2.45, 2.75) is 45.1 Å². The first kappa shape index (κ1) is 15.9. The highest BCUT2D eigenvalue weighted by Crippen LogP contribution is 2.21. The van der Waals surface area contributed by atoms with Gasteiger partial charge in [-0.05, 0) is 44.2 Å². The molecule has 1 unspecified atom stereocenters. The Hall–Kier alpha value is -1.46. The van der Waals surface area contributed by atoms with Gasteiger partial charge in [0, 0.05) is 18.6 Å². The summed E-state index contributed by atoms with van der Waals surface area (Å²) in [6, 6.07) is 5.65. The average Bonchev–Trinajstić information content (AvgIpc) is 2.46. The van der Waals surface area contributed by atoms with Crippen LogP contribution < -0.4 is 11.1 Å². The van der Waals surface area contributed by atoms with Gasteiger partial charge in [0.15, 0.2) is 0 Å². The Bertz CT molecular complexity index is 525. The Morgan fingerprint density at radius 2 is 2.29 bits per heavy atom. The number of carbonyl (C=O) groups is 1. The van der Waals surface area contributed by atoms with Crippen molar-refractivity contribution < 1.29 is 9.53 Å². The van der Waals surface area contributed by atoms with Crippen molar-refractivity contribution in [3.8, 4) is 0 Å². The van der Waals surface area contributed by atoms with E-state index in [-0.39, 0.29) is 12.0 Å². The lowest BCUT2D eigenvalue weighted by Gasteiger charge is -2.22. The van der Waals surface area contributed by atoms with Gasteiger partial charge in [0.1, 0.15) is 4.99 Å². The average molecular weight is 306 g/mol. The smallest absolute Gasteiger partial charge is 0.224 e. The molecule has 21 heavy (non-hydrogen) atoms. The van der Waals surface area contributed by atoms with Gasteiger partial charge in [0.2, 0.25) is 5.91 Å². The number of hydrogen-bond acceptors (Lipinski definition) is 3. The van der Waals surface area contributed by atoms with Gasteiger partial charge in [-0.3, -0.25) is 4.79 Å². The van der Waals surface area contributed by atoms with Crippen LogP contribution in [0.2, 0.25) is 0 Å². The fourth-order valence-corrected chi connectivity index (χ4v) is 2.91. The largest absolute Gasteiger partial charge is 0.389 e. The molecule has 114 valence electrons. The lowest BCUT2D eigenvalue weighted by Crippen LogP contribution is -2.23. The third-order valence-corrected chi connectivity index (χ3v) is 3.96. The first-order valence-electron chi connectivity index (χ1n) is 7.39. The van der Waals surface area contributed by atoms with E-state index in [1.807, 2.05) is 25.1 Å². The number of anilines is 1. The van der Waals surface area contributed by atoms with E-state index in [2.05, 4.69) is 5.32 Å². The number of thiocarbonyl (C=S) groups is 1. The molecule has 4 nitrogen and oxygen atoms in total. The summed E-state index contributed by atoms with van der Waals surface area (Å²) < 4.78 is 5.64. The number of aryl methyl sites for hydroxylation is 1. The zero-order chi connectivity index (χ0) is 15.2. The predicted octanol–water partition coefficient (Wildman–Crippen LogP) is 2.92. The normalized spacial score (nSPS) is 18.2. The number of rotatable bonds is 5. The van der Waals surface area contributed by atoms with Crippen LogP contribution >= 0.6 is 12.2 Å². The molecule has 1 saturated heterocycles. The second kappa shape index (κ2) is 7.52. The molecule has 1 heterocycles. The minimum Gasteiger partial charge on any atom is -0.389 e. The quantitative estimate of drug-likeness (QED) is 0.821. The maximum absolute atomic E-state index is 12.1. The van der Waals surface area contributed by atoms with Gasteiger partial charge in [-0.15, -0.1) is 0 Å². The second-order valence-corrected chi connectivity index (χ2v) is 5.88. The van der Waals surface area contributed by atoms with Gasteiger partial charge in [-0.2, -0.15) is 0 Å². The fraction of sp³-hybridized carbons (Fsp3) is 0.500. The van der Waals surface area contributed by atoms with E-state index in [4.69, 9.17) is 22.7 Å². The molecule has 1 atom stereocenters. The molecule has 1 amide bonds. The molecule has 1 aromatic carbocycles. The van der Waals surface area contributed by atoms with Crippen molar-refractivity contribution in [3.63, 3.8) is 0 Å². The summed E-state index contributed by atoms with van der Waals surface area (Å²) in [6.45, 7) is 2.75. The van der Waals surface area contributed by atoms with E-state index in [0.29, 0.717) is 17.1 Å². The topological polar surface area (TPSA) is 64.3 Å². The molecule has 0 aliphatic carbocycles. The van der Waals surface area contributed by atoms with Gasteiger partial charge < -0.3 is 15.8 Å².